The first-order chi connectivity index (χ1) is 10.7. The van der Waals surface area contributed by atoms with E-state index >= 15 is 0 Å². The number of nitrogens with one attached hydrogen (secondary N) is 1. The quantitative estimate of drug-likeness (QED) is 0.855. The molecule has 1 saturated heterocycles. The number of hydrogen-bond acceptors (Lipinski definition) is 6. The number of piperazine rings is 1. The van der Waals surface area contributed by atoms with Gasteiger partial charge in [0.1, 0.15) is 0 Å². The minimum Gasteiger partial charge on any atom is -0.352 e. The van der Waals surface area contributed by atoms with Crippen molar-refractivity contribution in [3.63, 3.8) is 0 Å². The normalized spacial score (nSPS) is 14.8. The Labute approximate surface area is 129 Å². The van der Waals surface area contributed by atoms with E-state index in [0.29, 0.717) is 19.0 Å². The number of aromatic nitrogens is 3. The van der Waals surface area contributed by atoms with E-state index in [-0.39, 0.29) is 0 Å². The zero-order valence-electron chi connectivity index (χ0n) is 12.4. The molecule has 2 aromatic rings. The smallest absolute Gasteiger partial charge is 0.249 e. The summed E-state index contributed by atoms with van der Waals surface area (Å²) in [5, 5.41) is 11.2. The summed E-state index contributed by atoms with van der Waals surface area (Å²) in [5.41, 5.74) is 2.10. The third-order valence-electron chi connectivity index (χ3n) is 3.61. The minimum absolute atomic E-state index is 0.473. The van der Waals surface area contributed by atoms with Crippen LogP contribution in [0.1, 0.15) is 5.56 Å². The predicted octanol–water partition coefficient (Wildman–Crippen LogP) is 1.20. The van der Waals surface area contributed by atoms with Crippen LogP contribution in [-0.2, 0) is 4.79 Å². The first-order valence-electron chi connectivity index (χ1n) is 7.22. The lowest BCUT2D eigenvalue weighted by atomic mass is 10.2. The Morgan fingerprint density at radius 3 is 2.77 bits per heavy atom. The molecule has 2 heterocycles. The third kappa shape index (κ3) is 3.30. The standard InChI is InChI=1S/C15H18N6O/c1-12-3-2-4-13(9-12)17-15-18-14(10-16-19-15)21-7-5-20(11-22)6-8-21/h2-4,9-11H,5-8H2,1H3,(H,17,18,19). The summed E-state index contributed by atoms with van der Waals surface area (Å²) in [7, 11) is 0. The molecule has 1 N–H and O–H groups in total. The fourth-order valence-corrected chi connectivity index (χ4v) is 2.41. The monoisotopic (exact) mass is 298 g/mol. The number of amides is 1. The van der Waals surface area contributed by atoms with E-state index in [9.17, 15) is 4.79 Å². The molecular weight excluding hydrogens is 280 g/mol. The molecule has 114 valence electrons. The Morgan fingerprint density at radius 2 is 2.05 bits per heavy atom. The summed E-state index contributed by atoms with van der Waals surface area (Å²) in [6, 6.07) is 8.01. The fraction of sp³-hybridized carbons (Fsp3) is 0.333. The van der Waals surface area contributed by atoms with Gasteiger partial charge in [-0.1, -0.05) is 12.1 Å². The summed E-state index contributed by atoms with van der Waals surface area (Å²) >= 11 is 0. The van der Waals surface area contributed by atoms with Crippen LogP contribution in [0.5, 0.6) is 0 Å². The van der Waals surface area contributed by atoms with Crippen molar-refractivity contribution in [2.75, 3.05) is 36.4 Å². The Morgan fingerprint density at radius 1 is 1.23 bits per heavy atom. The van der Waals surface area contributed by atoms with E-state index in [1.54, 1.807) is 11.1 Å². The highest BCUT2D eigenvalue weighted by Crippen LogP contribution is 2.17. The van der Waals surface area contributed by atoms with E-state index in [0.717, 1.165) is 31.0 Å². The van der Waals surface area contributed by atoms with Crippen molar-refractivity contribution in [2.24, 2.45) is 0 Å². The molecule has 1 amide bonds. The number of aryl methyl sites for hydroxylation is 1. The molecule has 0 unspecified atom stereocenters. The second kappa shape index (κ2) is 6.38. The van der Waals surface area contributed by atoms with Gasteiger partial charge in [0.25, 0.3) is 0 Å². The molecule has 7 heteroatoms. The Bertz CT molecular complexity index is 654. The molecule has 0 spiro atoms. The number of rotatable bonds is 4. The summed E-state index contributed by atoms with van der Waals surface area (Å²) in [6.07, 6.45) is 2.54. The van der Waals surface area contributed by atoms with Gasteiger partial charge in [0.15, 0.2) is 5.82 Å². The third-order valence-corrected chi connectivity index (χ3v) is 3.61. The van der Waals surface area contributed by atoms with Gasteiger partial charge in [0.2, 0.25) is 12.4 Å². The van der Waals surface area contributed by atoms with Gasteiger partial charge in [-0.15, -0.1) is 5.10 Å². The second-order valence-electron chi connectivity index (χ2n) is 5.26. The van der Waals surface area contributed by atoms with Crippen molar-refractivity contribution < 1.29 is 4.79 Å². The molecule has 3 rings (SSSR count). The minimum atomic E-state index is 0.473. The van der Waals surface area contributed by atoms with E-state index in [1.165, 1.54) is 5.56 Å². The van der Waals surface area contributed by atoms with Crippen LogP contribution in [0.25, 0.3) is 0 Å². The first kappa shape index (κ1) is 14.2. The number of hydrogen-bond donors (Lipinski definition) is 1. The van der Waals surface area contributed by atoms with Crippen molar-refractivity contribution in [2.45, 2.75) is 6.92 Å². The highest BCUT2D eigenvalue weighted by atomic mass is 16.1. The van der Waals surface area contributed by atoms with Crippen LogP contribution in [0.15, 0.2) is 30.5 Å². The highest BCUT2D eigenvalue weighted by Gasteiger charge is 2.17. The topological polar surface area (TPSA) is 74.2 Å². The zero-order chi connectivity index (χ0) is 15.4. The van der Waals surface area contributed by atoms with Gasteiger partial charge in [-0.3, -0.25) is 4.79 Å². The molecule has 1 aromatic heterocycles. The van der Waals surface area contributed by atoms with Gasteiger partial charge in [0, 0.05) is 31.9 Å². The maximum atomic E-state index is 10.7. The van der Waals surface area contributed by atoms with Crippen molar-refractivity contribution in [3.8, 4) is 0 Å². The van der Waals surface area contributed by atoms with Gasteiger partial charge in [0.05, 0.1) is 6.20 Å². The Hall–Kier alpha value is -2.70. The molecular formula is C15H18N6O. The van der Waals surface area contributed by atoms with E-state index < -0.39 is 0 Å². The molecule has 0 bridgehead atoms. The van der Waals surface area contributed by atoms with Crippen LogP contribution in [0, 0.1) is 6.92 Å². The molecule has 7 nitrogen and oxygen atoms in total. The molecule has 1 aliphatic rings. The maximum absolute atomic E-state index is 10.7. The summed E-state index contributed by atoms with van der Waals surface area (Å²) in [5.74, 6) is 1.25. The number of benzene rings is 1. The van der Waals surface area contributed by atoms with Crippen molar-refractivity contribution in [1.29, 1.82) is 0 Å². The molecule has 22 heavy (non-hydrogen) atoms. The van der Waals surface area contributed by atoms with Gasteiger partial charge >= 0.3 is 0 Å². The van der Waals surface area contributed by atoms with Crippen LogP contribution >= 0.6 is 0 Å². The average molecular weight is 298 g/mol. The predicted molar refractivity (Wildman–Crippen MR) is 84.1 cm³/mol. The maximum Gasteiger partial charge on any atom is 0.249 e. The van der Waals surface area contributed by atoms with Crippen LogP contribution in [0.4, 0.5) is 17.5 Å². The van der Waals surface area contributed by atoms with Crippen molar-refractivity contribution in [1.82, 2.24) is 20.1 Å². The highest BCUT2D eigenvalue weighted by molar-refractivity contribution is 5.55. The lowest BCUT2D eigenvalue weighted by molar-refractivity contribution is -0.118. The van der Waals surface area contributed by atoms with Crippen LogP contribution in [0.2, 0.25) is 0 Å². The molecule has 0 aliphatic carbocycles. The van der Waals surface area contributed by atoms with Gasteiger partial charge in [-0.05, 0) is 24.6 Å². The summed E-state index contributed by atoms with van der Waals surface area (Å²) in [4.78, 5) is 19.1. The van der Waals surface area contributed by atoms with Gasteiger partial charge < -0.3 is 15.1 Å². The molecule has 0 radical (unpaired) electrons. The van der Waals surface area contributed by atoms with E-state index in [1.807, 2.05) is 31.2 Å². The molecule has 0 saturated carbocycles. The Kier molecular flexibility index (Phi) is 4.13. The Balaban J connectivity index is 1.71. The lowest BCUT2D eigenvalue weighted by Gasteiger charge is -2.33. The van der Waals surface area contributed by atoms with E-state index in [4.69, 9.17) is 0 Å². The number of carbonyl (C=O) groups is 1. The first-order valence-corrected chi connectivity index (χ1v) is 7.22. The van der Waals surface area contributed by atoms with Crippen molar-refractivity contribution in [3.05, 3.63) is 36.0 Å². The van der Waals surface area contributed by atoms with Crippen molar-refractivity contribution >= 4 is 23.9 Å². The molecule has 1 aliphatic heterocycles. The average Bonchev–Trinajstić information content (AvgIpc) is 2.55. The fourth-order valence-electron chi connectivity index (χ4n) is 2.41. The van der Waals surface area contributed by atoms with Crippen LogP contribution in [-0.4, -0.2) is 52.7 Å². The van der Waals surface area contributed by atoms with Crippen LogP contribution < -0.4 is 10.2 Å². The van der Waals surface area contributed by atoms with E-state index in [2.05, 4.69) is 25.4 Å². The van der Waals surface area contributed by atoms with Gasteiger partial charge in [-0.25, -0.2) is 0 Å². The van der Waals surface area contributed by atoms with Gasteiger partial charge in [-0.2, -0.15) is 10.1 Å². The SMILES string of the molecule is Cc1cccc(Nc2nncc(N3CCN(C=O)CC3)n2)c1. The molecule has 0 atom stereocenters. The number of nitrogens with zero attached hydrogens (tertiary/aromatic N) is 5. The number of anilines is 3. The second-order valence-corrected chi connectivity index (χ2v) is 5.26. The summed E-state index contributed by atoms with van der Waals surface area (Å²) in [6.45, 7) is 4.94. The zero-order valence-corrected chi connectivity index (χ0v) is 12.4. The number of carbonyl (C=O) groups excluding carboxylic acids is 1. The molecule has 1 aromatic carbocycles. The molecule has 1 fully saturated rings. The lowest BCUT2D eigenvalue weighted by Crippen LogP contribution is -2.46. The largest absolute Gasteiger partial charge is 0.352 e. The summed E-state index contributed by atoms with van der Waals surface area (Å²) < 4.78 is 0. The van der Waals surface area contributed by atoms with Crippen LogP contribution in [0.3, 0.4) is 0 Å².